The monoisotopic (exact) mass is 297 g/mol. The van der Waals surface area contributed by atoms with Crippen LogP contribution in [-0.2, 0) is 0 Å². The number of thiocarbonyl (C=S) groups is 1. The second-order valence-electron chi connectivity index (χ2n) is 4.83. The van der Waals surface area contributed by atoms with Gasteiger partial charge in [-0.2, -0.15) is 0 Å². The Hall–Kier alpha value is -0.680. The Kier molecular flexibility index (Phi) is 5.16. The number of nitrogens with two attached hydrogens (primary N) is 1. The average Bonchev–Trinajstić information content (AvgIpc) is 2.39. The molecule has 1 aliphatic heterocycles. The van der Waals surface area contributed by atoms with Gasteiger partial charge in [0.15, 0.2) is 0 Å². The van der Waals surface area contributed by atoms with E-state index in [1.54, 1.807) is 0 Å². The molecule has 1 fully saturated rings. The highest BCUT2D eigenvalue weighted by molar-refractivity contribution is 7.80. The van der Waals surface area contributed by atoms with Crippen molar-refractivity contribution in [1.82, 2.24) is 9.80 Å². The molecule has 0 aromatic heterocycles. The van der Waals surface area contributed by atoms with E-state index in [1.165, 1.54) is 0 Å². The van der Waals surface area contributed by atoms with Crippen LogP contribution in [0.15, 0.2) is 24.3 Å². The van der Waals surface area contributed by atoms with E-state index in [0.717, 1.165) is 43.3 Å². The van der Waals surface area contributed by atoms with Crippen LogP contribution in [0.3, 0.4) is 0 Å². The van der Waals surface area contributed by atoms with Gasteiger partial charge in [-0.1, -0.05) is 42.9 Å². The SMILES string of the molecule is CCN1CCN(C(C(N)=S)c2cccc(Cl)c2)CC1. The summed E-state index contributed by atoms with van der Waals surface area (Å²) in [4.78, 5) is 5.30. The van der Waals surface area contributed by atoms with E-state index in [2.05, 4.69) is 16.7 Å². The number of benzene rings is 1. The predicted octanol–water partition coefficient (Wildman–Crippen LogP) is 2.30. The van der Waals surface area contributed by atoms with Crippen molar-refractivity contribution < 1.29 is 0 Å². The van der Waals surface area contributed by atoms with Crippen molar-refractivity contribution in [1.29, 1.82) is 0 Å². The van der Waals surface area contributed by atoms with Gasteiger partial charge in [0.05, 0.1) is 11.0 Å². The summed E-state index contributed by atoms with van der Waals surface area (Å²) < 4.78 is 0. The molecule has 0 bridgehead atoms. The molecule has 0 amide bonds. The Balaban J connectivity index is 2.15. The quantitative estimate of drug-likeness (QED) is 0.865. The van der Waals surface area contributed by atoms with E-state index in [0.29, 0.717) is 4.99 Å². The van der Waals surface area contributed by atoms with Crippen LogP contribution in [0.25, 0.3) is 0 Å². The summed E-state index contributed by atoms with van der Waals surface area (Å²) in [6.45, 7) is 7.40. The Labute approximate surface area is 125 Å². The number of piperazine rings is 1. The Morgan fingerprint density at radius 3 is 2.58 bits per heavy atom. The topological polar surface area (TPSA) is 32.5 Å². The van der Waals surface area contributed by atoms with Crippen LogP contribution >= 0.6 is 23.8 Å². The summed E-state index contributed by atoms with van der Waals surface area (Å²) in [6, 6.07) is 7.81. The fourth-order valence-corrected chi connectivity index (χ4v) is 3.05. The lowest BCUT2D eigenvalue weighted by Gasteiger charge is -2.38. The molecule has 19 heavy (non-hydrogen) atoms. The van der Waals surface area contributed by atoms with E-state index in [-0.39, 0.29) is 6.04 Å². The normalized spacial score (nSPS) is 19.3. The van der Waals surface area contributed by atoms with Gasteiger partial charge in [-0.3, -0.25) is 4.90 Å². The summed E-state index contributed by atoms with van der Waals surface area (Å²) in [5.41, 5.74) is 7.04. The molecule has 1 unspecified atom stereocenters. The van der Waals surface area contributed by atoms with Gasteiger partial charge in [-0.25, -0.2) is 0 Å². The highest BCUT2D eigenvalue weighted by atomic mass is 35.5. The second kappa shape index (κ2) is 6.66. The van der Waals surface area contributed by atoms with Gasteiger partial charge in [0, 0.05) is 31.2 Å². The van der Waals surface area contributed by atoms with Crippen molar-refractivity contribution in [3.05, 3.63) is 34.9 Å². The van der Waals surface area contributed by atoms with Crippen molar-refractivity contribution in [2.24, 2.45) is 5.73 Å². The first-order valence-electron chi connectivity index (χ1n) is 6.63. The molecule has 3 nitrogen and oxygen atoms in total. The molecule has 2 rings (SSSR count). The zero-order chi connectivity index (χ0) is 13.8. The number of rotatable bonds is 4. The minimum atomic E-state index is -0.00675. The van der Waals surface area contributed by atoms with E-state index in [4.69, 9.17) is 29.6 Å². The Morgan fingerprint density at radius 2 is 2.05 bits per heavy atom. The number of hydrogen-bond donors (Lipinski definition) is 1. The molecule has 0 radical (unpaired) electrons. The van der Waals surface area contributed by atoms with Gasteiger partial charge in [0.2, 0.25) is 0 Å². The predicted molar refractivity (Wildman–Crippen MR) is 84.7 cm³/mol. The number of nitrogens with zero attached hydrogens (tertiary/aromatic N) is 2. The molecule has 1 saturated heterocycles. The molecular formula is C14H20ClN3S. The lowest BCUT2D eigenvalue weighted by Crippen LogP contribution is -2.49. The van der Waals surface area contributed by atoms with Crippen LogP contribution in [0.5, 0.6) is 0 Å². The highest BCUT2D eigenvalue weighted by Crippen LogP contribution is 2.25. The fourth-order valence-electron chi connectivity index (χ4n) is 2.57. The van der Waals surface area contributed by atoms with Crippen LogP contribution < -0.4 is 5.73 Å². The summed E-state index contributed by atoms with van der Waals surface area (Å²) in [6.07, 6.45) is 0. The summed E-state index contributed by atoms with van der Waals surface area (Å²) in [5.74, 6) is 0. The van der Waals surface area contributed by atoms with Gasteiger partial charge >= 0.3 is 0 Å². The third kappa shape index (κ3) is 3.66. The summed E-state index contributed by atoms with van der Waals surface area (Å²) in [5, 5.41) is 0.728. The summed E-state index contributed by atoms with van der Waals surface area (Å²) in [7, 11) is 0. The van der Waals surface area contributed by atoms with Crippen molar-refractivity contribution in [2.75, 3.05) is 32.7 Å². The zero-order valence-corrected chi connectivity index (χ0v) is 12.8. The molecule has 104 valence electrons. The minimum Gasteiger partial charge on any atom is -0.392 e. The van der Waals surface area contributed by atoms with E-state index < -0.39 is 0 Å². The van der Waals surface area contributed by atoms with Gasteiger partial charge in [-0.05, 0) is 24.2 Å². The molecule has 5 heteroatoms. The molecule has 1 aromatic carbocycles. The molecule has 1 aliphatic rings. The Bertz CT molecular complexity index is 444. The van der Waals surface area contributed by atoms with E-state index in [1.807, 2.05) is 24.3 Å². The summed E-state index contributed by atoms with van der Waals surface area (Å²) >= 11 is 11.3. The molecule has 1 atom stereocenters. The first-order valence-corrected chi connectivity index (χ1v) is 7.41. The molecule has 1 aromatic rings. The second-order valence-corrected chi connectivity index (χ2v) is 5.74. The third-order valence-electron chi connectivity index (χ3n) is 3.65. The van der Waals surface area contributed by atoms with Crippen LogP contribution in [-0.4, -0.2) is 47.5 Å². The van der Waals surface area contributed by atoms with Crippen LogP contribution in [0.1, 0.15) is 18.5 Å². The van der Waals surface area contributed by atoms with E-state index >= 15 is 0 Å². The van der Waals surface area contributed by atoms with Crippen LogP contribution in [0.4, 0.5) is 0 Å². The van der Waals surface area contributed by atoms with Crippen LogP contribution in [0, 0.1) is 0 Å². The first kappa shape index (κ1) is 14.7. The average molecular weight is 298 g/mol. The smallest absolute Gasteiger partial charge is 0.0948 e. The third-order valence-corrected chi connectivity index (χ3v) is 4.11. The van der Waals surface area contributed by atoms with Crippen molar-refractivity contribution in [3.8, 4) is 0 Å². The van der Waals surface area contributed by atoms with Gasteiger partial charge in [-0.15, -0.1) is 0 Å². The number of hydrogen-bond acceptors (Lipinski definition) is 3. The lowest BCUT2D eigenvalue weighted by molar-refractivity contribution is 0.122. The standard InChI is InChI=1S/C14H20ClN3S/c1-2-17-6-8-18(9-7-17)13(14(16)19)11-4-3-5-12(15)10-11/h3-5,10,13H,2,6-9H2,1H3,(H2,16,19). The number of likely N-dealkylation sites (N-methyl/N-ethyl adjacent to an activating group) is 1. The van der Waals surface area contributed by atoms with Gasteiger partial charge in [0.25, 0.3) is 0 Å². The molecule has 0 spiro atoms. The fraction of sp³-hybridized carbons (Fsp3) is 0.500. The number of halogens is 1. The molecule has 2 N–H and O–H groups in total. The zero-order valence-electron chi connectivity index (χ0n) is 11.2. The largest absolute Gasteiger partial charge is 0.392 e. The van der Waals surface area contributed by atoms with E-state index in [9.17, 15) is 0 Å². The van der Waals surface area contributed by atoms with Crippen molar-refractivity contribution in [3.63, 3.8) is 0 Å². The molecular weight excluding hydrogens is 278 g/mol. The maximum atomic E-state index is 6.07. The lowest BCUT2D eigenvalue weighted by atomic mass is 10.0. The maximum Gasteiger partial charge on any atom is 0.0948 e. The van der Waals surface area contributed by atoms with Gasteiger partial charge < -0.3 is 10.6 Å². The van der Waals surface area contributed by atoms with Crippen molar-refractivity contribution >= 4 is 28.8 Å². The van der Waals surface area contributed by atoms with Gasteiger partial charge in [0.1, 0.15) is 0 Å². The van der Waals surface area contributed by atoms with Crippen LogP contribution in [0.2, 0.25) is 5.02 Å². The van der Waals surface area contributed by atoms with Crippen molar-refractivity contribution in [2.45, 2.75) is 13.0 Å². The minimum absolute atomic E-state index is 0.00675. The first-order chi connectivity index (χ1) is 9.11. The molecule has 1 heterocycles. The Morgan fingerprint density at radius 1 is 1.37 bits per heavy atom. The maximum absolute atomic E-state index is 6.07. The highest BCUT2D eigenvalue weighted by Gasteiger charge is 2.26. The molecule has 0 saturated carbocycles. The molecule has 0 aliphatic carbocycles.